The third-order valence-corrected chi connectivity index (χ3v) is 2.77. The molecule has 1 atom stereocenters. The third kappa shape index (κ3) is 4.18. The smallest absolute Gasteiger partial charge is 0.335 e. The number of allylic oxidation sites excluding steroid dienone is 2. The van der Waals surface area contributed by atoms with Gasteiger partial charge in [-0.2, -0.15) is 0 Å². The van der Waals surface area contributed by atoms with E-state index in [1.165, 1.54) is 0 Å². The highest BCUT2D eigenvalue weighted by molar-refractivity contribution is 5.87. The summed E-state index contributed by atoms with van der Waals surface area (Å²) in [6, 6.07) is 6.90. The third-order valence-electron chi connectivity index (χ3n) is 2.77. The van der Waals surface area contributed by atoms with Crippen molar-refractivity contribution in [2.24, 2.45) is 0 Å². The largest absolute Gasteiger partial charge is 0.478 e. The van der Waals surface area contributed by atoms with E-state index in [4.69, 9.17) is 10.2 Å². The van der Waals surface area contributed by atoms with E-state index in [1.807, 2.05) is 24.3 Å². The number of aromatic carboxylic acids is 1. The molecule has 1 unspecified atom stereocenters. The van der Waals surface area contributed by atoms with Crippen molar-refractivity contribution in [2.45, 2.75) is 18.8 Å². The first-order valence-electron chi connectivity index (χ1n) is 5.89. The second kappa shape index (κ2) is 7.45. The van der Waals surface area contributed by atoms with E-state index in [2.05, 4.69) is 6.58 Å². The van der Waals surface area contributed by atoms with Gasteiger partial charge in [0.25, 0.3) is 0 Å². The van der Waals surface area contributed by atoms with Crippen LogP contribution >= 0.6 is 0 Å². The maximum Gasteiger partial charge on any atom is 0.335 e. The van der Waals surface area contributed by atoms with Crippen LogP contribution < -0.4 is 0 Å². The first-order valence-corrected chi connectivity index (χ1v) is 5.89. The summed E-state index contributed by atoms with van der Waals surface area (Å²) in [5.41, 5.74) is 1.38. The highest BCUT2D eigenvalue weighted by Gasteiger charge is 2.09. The molecule has 1 rings (SSSR count). The number of aliphatic hydroxyl groups is 1. The topological polar surface area (TPSA) is 57.5 Å². The summed E-state index contributed by atoms with van der Waals surface area (Å²) in [5, 5.41) is 17.5. The minimum absolute atomic E-state index is 0.0404. The van der Waals surface area contributed by atoms with Crippen LogP contribution in [0.2, 0.25) is 0 Å². The number of carboxylic acids is 1. The fraction of sp³-hybridized carbons (Fsp3) is 0.267. The molecule has 0 aliphatic rings. The molecule has 3 heteroatoms. The van der Waals surface area contributed by atoms with Crippen LogP contribution in [-0.2, 0) is 0 Å². The average Bonchev–Trinajstić information content (AvgIpc) is 2.38. The Morgan fingerprint density at radius 3 is 2.39 bits per heavy atom. The van der Waals surface area contributed by atoms with E-state index < -0.39 is 5.97 Å². The minimum Gasteiger partial charge on any atom is -0.478 e. The Hall–Kier alpha value is -1.87. The summed E-state index contributed by atoms with van der Waals surface area (Å²) in [4.78, 5) is 10.8. The van der Waals surface area contributed by atoms with Gasteiger partial charge in [-0.1, -0.05) is 30.4 Å². The SMILES string of the molecule is C=CCC(CC=CCO)c1ccc(C(=O)O)cc1. The quantitative estimate of drug-likeness (QED) is 0.727. The van der Waals surface area contributed by atoms with Gasteiger partial charge in [-0.15, -0.1) is 6.58 Å². The molecule has 18 heavy (non-hydrogen) atoms. The molecule has 0 bridgehead atoms. The molecule has 1 aromatic rings. The fourth-order valence-corrected chi connectivity index (χ4v) is 1.80. The maximum absolute atomic E-state index is 10.8. The Kier molecular flexibility index (Phi) is 5.88. The van der Waals surface area contributed by atoms with Crippen LogP contribution in [0, 0.1) is 0 Å². The molecule has 0 saturated carbocycles. The molecule has 1 aromatic carbocycles. The summed E-state index contributed by atoms with van der Waals surface area (Å²) in [6.07, 6.45) is 7.12. The number of hydrogen-bond acceptors (Lipinski definition) is 2. The van der Waals surface area contributed by atoms with E-state index in [9.17, 15) is 4.79 Å². The predicted octanol–water partition coefficient (Wildman–Crippen LogP) is 2.98. The Morgan fingerprint density at radius 1 is 1.22 bits per heavy atom. The Morgan fingerprint density at radius 2 is 1.89 bits per heavy atom. The lowest BCUT2D eigenvalue weighted by Gasteiger charge is -2.13. The molecule has 0 aromatic heterocycles. The fourth-order valence-electron chi connectivity index (χ4n) is 1.80. The summed E-state index contributed by atoms with van der Waals surface area (Å²) < 4.78 is 0. The molecule has 3 nitrogen and oxygen atoms in total. The van der Waals surface area contributed by atoms with Crippen molar-refractivity contribution >= 4 is 5.97 Å². The molecule has 2 N–H and O–H groups in total. The van der Waals surface area contributed by atoms with Gasteiger partial charge >= 0.3 is 5.97 Å². The minimum atomic E-state index is -0.915. The molecule has 0 saturated heterocycles. The molecule has 0 heterocycles. The second-order valence-electron chi connectivity index (χ2n) is 4.04. The number of hydrogen-bond donors (Lipinski definition) is 2. The molecule has 0 spiro atoms. The lowest BCUT2D eigenvalue weighted by molar-refractivity contribution is 0.0697. The van der Waals surface area contributed by atoms with Crippen molar-refractivity contribution in [3.63, 3.8) is 0 Å². The molecule has 96 valence electrons. The van der Waals surface area contributed by atoms with Crippen LogP contribution in [0.5, 0.6) is 0 Å². The van der Waals surface area contributed by atoms with Crippen LogP contribution in [0.3, 0.4) is 0 Å². The van der Waals surface area contributed by atoms with Gasteiger partial charge in [-0.3, -0.25) is 0 Å². The van der Waals surface area contributed by atoms with Gasteiger partial charge in [-0.25, -0.2) is 4.79 Å². The van der Waals surface area contributed by atoms with E-state index in [1.54, 1.807) is 18.2 Å². The number of benzene rings is 1. The molecule has 0 radical (unpaired) electrons. The van der Waals surface area contributed by atoms with Gasteiger partial charge in [0.05, 0.1) is 12.2 Å². The number of rotatable bonds is 7. The van der Waals surface area contributed by atoms with Crippen LogP contribution in [0.4, 0.5) is 0 Å². The monoisotopic (exact) mass is 246 g/mol. The normalized spacial score (nSPS) is 12.5. The van der Waals surface area contributed by atoms with Gasteiger partial charge in [0.1, 0.15) is 0 Å². The number of aliphatic hydroxyl groups excluding tert-OH is 1. The zero-order valence-corrected chi connectivity index (χ0v) is 10.2. The van der Waals surface area contributed by atoms with Crippen molar-refractivity contribution in [2.75, 3.05) is 6.61 Å². The van der Waals surface area contributed by atoms with Crippen molar-refractivity contribution in [1.29, 1.82) is 0 Å². The molecule has 0 aliphatic carbocycles. The number of carbonyl (C=O) groups is 1. The van der Waals surface area contributed by atoms with Crippen molar-refractivity contribution in [3.8, 4) is 0 Å². The summed E-state index contributed by atoms with van der Waals surface area (Å²) in [7, 11) is 0. The summed E-state index contributed by atoms with van der Waals surface area (Å²) in [6.45, 7) is 3.77. The standard InChI is InChI=1S/C15H18O3/c1-2-5-12(6-3-4-11-16)13-7-9-14(10-8-13)15(17)18/h2-4,7-10,12,16H,1,5-6,11H2,(H,17,18). The van der Waals surface area contributed by atoms with Gasteiger partial charge in [-0.05, 0) is 36.5 Å². The van der Waals surface area contributed by atoms with Crippen LogP contribution in [0.1, 0.15) is 34.7 Å². The molecular weight excluding hydrogens is 228 g/mol. The van der Waals surface area contributed by atoms with Gasteiger partial charge in [0, 0.05) is 0 Å². The molecular formula is C15H18O3. The second-order valence-corrected chi connectivity index (χ2v) is 4.04. The van der Waals surface area contributed by atoms with Crippen LogP contribution in [-0.4, -0.2) is 22.8 Å². The summed E-state index contributed by atoms with van der Waals surface area (Å²) >= 11 is 0. The van der Waals surface area contributed by atoms with Crippen LogP contribution in [0.15, 0.2) is 49.1 Å². The Bertz CT molecular complexity index is 418. The Balaban J connectivity index is 2.81. The lowest BCUT2D eigenvalue weighted by Crippen LogP contribution is -2.00. The van der Waals surface area contributed by atoms with Crippen molar-refractivity contribution in [1.82, 2.24) is 0 Å². The summed E-state index contributed by atoms with van der Waals surface area (Å²) in [5.74, 6) is -0.643. The van der Waals surface area contributed by atoms with Gasteiger partial charge < -0.3 is 10.2 Å². The van der Waals surface area contributed by atoms with E-state index in [-0.39, 0.29) is 12.5 Å². The highest BCUT2D eigenvalue weighted by Crippen LogP contribution is 2.24. The number of carboxylic acid groups (broad SMARTS) is 1. The van der Waals surface area contributed by atoms with E-state index in [0.717, 1.165) is 18.4 Å². The molecule has 0 fully saturated rings. The average molecular weight is 246 g/mol. The lowest BCUT2D eigenvalue weighted by atomic mass is 9.91. The molecule has 0 aliphatic heterocycles. The zero-order valence-electron chi connectivity index (χ0n) is 10.2. The van der Waals surface area contributed by atoms with Crippen molar-refractivity contribution < 1.29 is 15.0 Å². The van der Waals surface area contributed by atoms with E-state index in [0.29, 0.717) is 5.56 Å². The molecule has 0 amide bonds. The van der Waals surface area contributed by atoms with Crippen LogP contribution in [0.25, 0.3) is 0 Å². The maximum atomic E-state index is 10.8. The van der Waals surface area contributed by atoms with Gasteiger partial charge in [0.15, 0.2) is 0 Å². The van der Waals surface area contributed by atoms with Gasteiger partial charge in [0.2, 0.25) is 0 Å². The first kappa shape index (κ1) is 14.2. The predicted molar refractivity (Wildman–Crippen MR) is 71.8 cm³/mol. The van der Waals surface area contributed by atoms with E-state index >= 15 is 0 Å². The highest BCUT2D eigenvalue weighted by atomic mass is 16.4. The Labute approximate surface area is 107 Å². The zero-order chi connectivity index (χ0) is 13.4. The first-order chi connectivity index (χ1) is 8.69. The van der Waals surface area contributed by atoms with Crippen molar-refractivity contribution in [3.05, 3.63) is 60.2 Å².